The second kappa shape index (κ2) is 6.14. The van der Waals surface area contributed by atoms with E-state index in [0.29, 0.717) is 25.1 Å². The molecule has 1 aromatic heterocycles. The lowest BCUT2D eigenvalue weighted by molar-refractivity contribution is 0.0493. The van der Waals surface area contributed by atoms with Gasteiger partial charge in [-0.25, -0.2) is 4.79 Å². The highest BCUT2D eigenvalue weighted by molar-refractivity contribution is 6.01. The minimum absolute atomic E-state index is 0.302. The van der Waals surface area contributed by atoms with Crippen LogP contribution >= 0.6 is 0 Å². The SMILES string of the molecule is O=C(OCCCCCF)c1n[nH]c2ccccc12. The fourth-order valence-corrected chi connectivity index (χ4v) is 1.73. The van der Waals surface area contributed by atoms with Gasteiger partial charge in [-0.2, -0.15) is 5.10 Å². The summed E-state index contributed by atoms with van der Waals surface area (Å²) in [6.45, 7) is -0.0159. The first-order valence-electron chi connectivity index (χ1n) is 5.99. The molecule has 18 heavy (non-hydrogen) atoms. The average molecular weight is 250 g/mol. The predicted octanol–water partition coefficient (Wildman–Crippen LogP) is 2.86. The lowest BCUT2D eigenvalue weighted by Gasteiger charge is -2.02. The Morgan fingerprint density at radius 2 is 2.11 bits per heavy atom. The second-order valence-electron chi connectivity index (χ2n) is 4.00. The van der Waals surface area contributed by atoms with Gasteiger partial charge in [-0.05, 0) is 25.3 Å². The van der Waals surface area contributed by atoms with Crippen molar-refractivity contribution in [2.45, 2.75) is 19.3 Å². The molecule has 0 aliphatic carbocycles. The minimum atomic E-state index is -0.437. The summed E-state index contributed by atoms with van der Waals surface area (Å²) in [4.78, 5) is 11.8. The fraction of sp³-hybridized carbons (Fsp3) is 0.385. The normalized spacial score (nSPS) is 10.7. The number of hydrogen-bond donors (Lipinski definition) is 1. The standard InChI is InChI=1S/C13H15FN2O2/c14-8-4-1-5-9-18-13(17)12-10-6-2-3-7-11(10)15-16-12/h2-3,6-7H,1,4-5,8-9H2,(H,15,16). The van der Waals surface area contributed by atoms with Gasteiger partial charge < -0.3 is 4.74 Å². The van der Waals surface area contributed by atoms with Crippen molar-refractivity contribution in [3.63, 3.8) is 0 Å². The van der Waals surface area contributed by atoms with Crippen LogP contribution in [0.3, 0.4) is 0 Å². The summed E-state index contributed by atoms with van der Waals surface area (Å²) in [6.07, 6.45) is 1.92. The van der Waals surface area contributed by atoms with E-state index in [4.69, 9.17) is 4.74 Å². The zero-order valence-electron chi connectivity index (χ0n) is 9.99. The minimum Gasteiger partial charge on any atom is -0.461 e. The number of halogens is 1. The Kier molecular flexibility index (Phi) is 4.28. The zero-order valence-corrected chi connectivity index (χ0v) is 9.99. The van der Waals surface area contributed by atoms with Gasteiger partial charge in [0.25, 0.3) is 0 Å². The van der Waals surface area contributed by atoms with E-state index in [2.05, 4.69) is 10.2 Å². The maximum atomic E-state index is 11.9. The monoisotopic (exact) mass is 250 g/mol. The molecule has 0 fully saturated rings. The second-order valence-corrected chi connectivity index (χ2v) is 4.00. The number of fused-ring (bicyclic) bond motifs is 1. The van der Waals surface area contributed by atoms with Crippen LogP contribution in [0.5, 0.6) is 0 Å². The highest BCUT2D eigenvalue weighted by Gasteiger charge is 2.14. The number of benzene rings is 1. The summed E-state index contributed by atoms with van der Waals surface area (Å²) in [5.74, 6) is -0.437. The molecule has 0 saturated heterocycles. The van der Waals surface area contributed by atoms with E-state index in [-0.39, 0.29) is 6.67 Å². The number of esters is 1. The Morgan fingerprint density at radius 3 is 2.94 bits per heavy atom. The number of ether oxygens (including phenoxy) is 1. The van der Waals surface area contributed by atoms with E-state index < -0.39 is 5.97 Å². The van der Waals surface area contributed by atoms with Crippen LogP contribution in [0.25, 0.3) is 10.9 Å². The molecule has 0 spiro atoms. The Labute approximate surface area is 104 Å². The molecule has 1 heterocycles. The van der Waals surface area contributed by atoms with E-state index in [0.717, 1.165) is 17.3 Å². The van der Waals surface area contributed by atoms with Crippen LogP contribution in [0, 0.1) is 0 Å². The predicted molar refractivity (Wildman–Crippen MR) is 66.2 cm³/mol. The van der Waals surface area contributed by atoms with Gasteiger partial charge in [0.2, 0.25) is 0 Å². The number of hydrogen-bond acceptors (Lipinski definition) is 3. The van der Waals surface area contributed by atoms with Crippen LogP contribution in [0.2, 0.25) is 0 Å². The number of nitrogens with one attached hydrogen (secondary N) is 1. The first-order valence-corrected chi connectivity index (χ1v) is 5.99. The number of nitrogens with zero attached hydrogens (tertiary/aromatic N) is 1. The first-order chi connectivity index (χ1) is 8.83. The molecule has 0 aliphatic heterocycles. The molecule has 1 N–H and O–H groups in total. The van der Waals surface area contributed by atoms with Crippen LogP contribution in [-0.2, 0) is 4.74 Å². The van der Waals surface area contributed by atoms with Crippen LogP contribution in [0.15, 0.2) is 24.3 Å². The lowest BCUT2D eigenvalue weighted by Crippen LogP contribution is -2.07. The summed E-state index contributed by atoms with van der Waals surface area (Å²) in [5.41, 5.74) is 1.11. The Hall–Kier alpha value is -1.91. The van der Waals surface area contributed by atoms with Gasteiger partial charge >= 0.3 is 5.97 Å². The number of aromatic amines is 1. The summed E-state index contributed by atoms with van der Waals surface area (Å²) in [5, 5.41) is 7.49. The molecule has 0 amide bonds. The molecular weight excluding hydrogens is 235 g/mol. The number of carbonyl (C=O) groups excluding carboxylic acids is 1. The lowest BCUT2D eigenvalue weighted by atomic mass is 10.2. The third-order valence-electron chi connectivity index (χ3n) is 2.67. The molecule has 0 atom stereocenters. The number of aromatic nitrogens is 2. The van der Waals surface area contributed by atoms with E-state index in [1.807, 2.05) is 24.3 Å². The first kappa shape index (κ1) is 12.5. The Bertz CT molecular complexity index is 524. The highest BCUT2D eigenvalue weighted by atomic mass is 19.1. The van der Waals surface area contributed by atoms with Crippen molar-refractivity contribution in [2.75, 3.05) is 13.3 Å². The molecule has 2 rings (SSSR count). The Morgan fingerprint density at radius 1 is 1.28 bits per heavy atom. The van der Waals surface area contributed by atoms with Gasteiger partial charge in [0.1, 0.15) is 0 Å². The van der Waals surface area contributed by atoms with Crippen molar-refractivity contribution in [1.82, 2.24) is 10.2 Å². The van der Waals surface area contributed by atoms with Gasteiger partial charge in [-0.3, -0.25) is 9.49 Å². The maximum absolute atomic E-state index is 11.9. The fourth-order valence-electron chi connectivity index (χ4n) is 1.73. The van der Waals surface area contributed by atoms with E-state index in [1.165, 1.54) is 0 Å². The van der Waals surface area contributed by atoms with E-state index >= 15 is 0 Å². The molecule has 5 heteroatoms. The molecule has 0 aliphatic rings. The topological polar surface area (TPSA) is 55.0 Å². The van der Waals surface area contributed by atoms with Crippen molar-refractivity contribution in [2.24, 2.45) is 0 Å². The summed E-state index contributed by atoms with van der Waals surface area (Å²) in [6, 6.07) is 7.38. The number of para-hydroxylation sites is 1. The van der Waals surface area contributed by atoms with Crippen molar-refractivity contribution in [3.8, 4) is 0 Å². The van der Waals surface area contributed by atoms with Gasteiger partial charge in [-0.1, -0.05) is 18.2 Å². The average Bonchev–Trinajstić information content (AvgIpc) is 2.82. The van der Waals surface area contributed by atoms with Crippen LogP contribution in [-0.4, -0.2) is 29.4 Å². The van der Waals surface area contributed by atoms with Gasteiger partial charge in [0.05, 0.1) is 18.8 Å². The largest absolute Gasteiger partial charge is 0.461 e. The van der Waals surface area contributed by atoms with Crippen LogP contribution < -0.4 is 0 Å². The van der Waals surface area contributed by atoms with Crippen molar-refractivity contribution in [1.29, 1.82) is 0 Å². The highest BCUT2D eigenvalue weighted by Crippen LogP contribution is 2.15. The van der Waals surface area contributed by atoms with Gasteiger partial charge in [0.15, 0.2) is 5.69 Å². The summed E-state index contributed by atoms with van der Waals surface area (Å²) in [7, 11) is 0. The Balaban J connectivity index is 1.93. The molecule has 96 valence electrons. The van der Waals surface area contributed by atoms with Crippen LogP contribution in [0.1, 0.15) is 29.8 Å². The molecule has 0 radical (unpaired) electrons. The van der Waals surface area contributed by atoms with E-state index in [9.17, 15) is 9.18 Å². The number of rotatable bonds is 6. The molecule has 2 aromatic rings. The molecule has 0 bridgehead atoms. The zero-order chi connectivity index (χ0) is 12.8. The van der Waals surface area contributed by atoms with Gasteiger partial charge in [0, 0.05) is 5.39 Å². The number of carbonyl (C=O) groups is 1. The number of H-pyrrole nitrogens is 1. The van der Waals surface area contributed by atoms with E-state index in [1.54, 1.807) is 0 Å². The summed E-state index contributed by atoms with van der Waals surface area (Å²) >= 11 is 0. The molecule has 4 nitrogen and oxygen atoms in total. The summed E-state index contributed by atoms with van der Waals surface area (Å²) < 4.78 is 17.0. The van der Waals surface area contributed by atoms with Crippen molar-refractivity contribution < 1.29 is 13.9 Å². The third kappa shape index (κ3) is 2.85. The quantitative estimate of drug-likeness (QED) is 0.633. The van der Waals surface area contributed by atoms with Crippen molar-refractivity contribution in [3.05, 3.63) is 30.0 Å². The molecular formula is C13H15FN2O2. The third-order valence-corrected chi connectivity index (χ3v) is 2.67. The number of alkyl halides is 1. The molecule has 0 unspecified atom stereocenters. The van der Waals surface area contributed by atoms with Crippen LogP contribution in [0.4, 0.5) is 4.39 Å². The smallest absolute Gasteiger partial charge is 0.359 e. The molecule has 0 saturated carbocycles. The maximum Gasteiger partial charge on any atom is 0.359 e. The van der Waals surface area contributed by atoms with Crippen molar-refractivity contribution >= 4 is 16.9 Å². The number of unbranched alkanes of at least 4 members (excludes halogenated alkanes) is 2. The molecule has 1 aromatic carbocycles. The van der Waals surface area contributed by atoms with Gasteiger partial charge in [-0.15, -0.1) is 0 Å².